The summed E-state index contributed by atoms with van der Waals surface area (Å²) >= 11 is 0. The van der Waals surface area contributed by atoms with Crippen LogP contribution in [-0.2, 0) is 0 Å². The smallest absolute Gasteiger partial charge is 0.0341 e. The van der Waals surface area contributed by atoms with E-state index in [4.69, 9.17) is 0 Å². The van der Waals surface area contributed by atoms with E-state index in [0.29, 0.717) is 0 Å². The van der Waals surface area contributed by atoms with Gasteiger partial charge in [0.25, 0.3) is 0 Å². The molecule has 1 N–H and O–H groups in total. The molecule has 0 saturated carbocycles. The molecule has 1 saturated heterocycles. The van der Waals surface area contributed by atoms with Crippen LogP contribution in [0.3, 0.4) is 0 Å². The van der Waals surface area contributed by atoms with Gasteiger partial charge in [-0.1, -0.05) is 34.6 Å². The molecule has 144 valence electrons. The Morgan fingerprint density at radius 2 is 0.875 bits per heavy atom. The van der Waals surface area contributed by atoms with E-state index >= 15 is 0 Å². The van der Waals surface area contributed by atoms with Crippen molar-refractivity contribution in [3.8, 4) is 0 Å². The van der Waals surface area contributed by atoms with E-state index in [1.54, 1.807) is 0 Å². The van der Waals surface area contributed by atoms with Crippen LogP contribution in [0.15, 0.2) is 0 Å². The lowest BCUT2D eigenvalue weighted by Gasteiger charge is -2.74. The minimum Gasteiger partial charge on any atom is -0.303 e. The zero-order valence-electron chi connectivity index (χ0n) is 19.4. The lowest BCUT2D eigenvalue weighted by molar-refractivity contribution is -0.213. The molecule has 0 bridgehead atoms. The van der Waals surface area contributed by atoms with Crippen LogP contribution in [0.2, 0.25) is 0 Å². The zero-order chi connectivity index (χ0) is 19.8. The lowest BCUT2D eigenvalue weighted by atomic mass is 9.55. The molecule has 0 spiro atoms. The number of nitrogens with one attached hydrogen (secondary N) is 1. The fourth-order valence-electron chi connectivity index (χ4n) is 4.94. The molecule has 0 amide bonds. The van der Waals surface area contributed by atoms with Crippen molar-refractivity contribution in [3.63, 3.8) is 0 Å². The van der Waals surface area contributed by atoms with Gasteiger partial charge in [0, 0.05) is 27.7 Å². The minimum atomic E-state index is 0.0112. The Bertz CT molecular complexity index is 459. The first-order valence-corrected chi connectivity index (χ1v) is 9.67. The first-order valence-electron chi connectivity index (χ1n) is 9.67. The quantitative estimate of drug-likeness (QED) is 0.678. The highest BCUT2D eigenvalue weighted by atomic mass is 15.4. The number of hydrogen-bond acceptors (Lipinski definition) is 2. The van der Waals surface area contributed by atoms with Gasteiger partial charge >= 0.3 is 0 Å². The summed E-state index contributed by atoms with van der Waals surface area (Å²) in [6, 6.07) is 0. The van der Waals surface area contributed by atoms with E-state index in [0.717, 1.165) is 0 Å². The molecule has 2 heteroatoms. The molecule has 0 aliphatic carbocycles. The second-order valence-corrected chi connectivity index (χ2v) is 12.3. The maximum Gasteiger partial charge on any atom is 0.0341 e. The van der Waals surface area contributed by atoms with Crippen molar-refractivity contribution in [2.24, 2.45) is 10.8 Å². The SMILES string of the molecule is CC(C)(C)C(C)(C)C(C)(C)N1C(C)(C)C(C)(C)NC(C)(C)C1(C)C. The van der Waals surface area contributed by atoms with Crippen molar-refractivity contribution in [2.45, 2.75) is 132 Å². The normalized spacial score (nSPS) is 27.1. The Morgan fingerprint density at radius 3 is 1.12 bits per heavy atom. The first kappa shape index (κ1) is 22.0. The molecule has 0 radical (unpaired) electrons. The average Bonchev–Trinajstić information content (AvgIpc) is 2.21. The van der Waals surface area contributed by atoms with Crippen molar-refractivity contribution in [1.82, 2.24) is 10.2 Å². The van der Waals surface area contributed by atoms with Crippen LogP contribution in [-0.4, -0.2) is 32.6 Å². The minimum absolute atomic E-state index is 0.0112. The van der Waals surface area contributed by atoms with Gasteiger partial charge < -0.3 is 5.32 Å². The maximum absolute atomic E-state index is 3.96. The number of hydrogen-bond donors (Lipinski definition) is 1. The van der Waals surface area contributed by atoms with Gasteiger partial charge in [-0.05, 0) is 80.1 Å². The fraction of sp³-hybridized carbons (Fsp3) is 1.00. The van der Waals surface area contributed by atoms with Gasteiger partial charge in [0.05, 0.1) is 0 Å². The molecule has 1 aliphatic rings. The Labute approximate surface area is 153 Å². The summed E-state index contributed by atoms with van der Waals surface area (Å²) in [5, 5.41) is 3.96. The molecule has 0 aromatic heterocycles. The summed E-state index contributed by atoms with van der Waals surface area (Å²) < 4.78 is 0. The Kier molecular flexibility index (Phi) is 4.78. The highest BCUT2D eigenvalue weighted by Gasteiger charge is 2.65. The average molecular weight is 339 g/mol. The summed E-state index contributed by atoms with van der Waals surface area (Å²) in [6.07, 6.45) is 0. The monoisotopic (exact) mass is 338 g/mol. The van der Waals surface area contributed by atoms with E-state index in [9.17, 15) is 0 Å². The van der Waals surface area contributed by atoms with Gasteiger partial charge in [-0.25, -0.2) is 0 Å². The van der Waals surface area contributed by atoms with E-state index in [2.05, 4.69) is 114 Å². The van der Waals surface area contributed by atoms with Crippen molar-refractivity contribution >= 4 is 0 Å². The van der Waals surface area contributed by atoms with Gasteiger partial charge in [-0.3, -0.25) is 4.90 Å². The van der Waals surface area contributed by atoms with Crippen molar-refractivity contribution in [2.75, 3.05) is 0 Å². The van der Waals surface area contributed by atoms with Crippen LogP contribution < -0.4 is 5.32 Å². The zero-order valence-corrected chi connectivity index (χ0v) is 19.4. The Balaban J connectivity index is 3.73. The second kappa shape index (κ2) is 5.22. The number of nitrogens with zero attached hydrogens (tertiary/aromatic N) is 1. The van der Waals surface area contributed by atoms with Gasteiger partial charge in [-0.15, -0.1) is 0 Å². The van der Waals surface area contributed by atoms with Crippen LogP contribution in [0.25, 0.3) is 0 Å². The third-order valence-electron chi connectivity index (χ3n) is 8.77. The van der Waals surface area contributed by atoms with Crippen molar-refractivity contribution in [1.29, 1.82) is 0 Å². The summed E-state index contributed by atoms with van der Waals surface area (Å²) in [5.41, 5.74) is 0.416. The number of rotatable bonds is 2. The van der Waals surface area contributed by atoms with E-state index < -0.39 is 0 Å². The molecule has 24 heavy (non-hydrogen) atoms. The van der Waals surface area contributed by atoms with Crippen LogP contribution in [0.5, 0.6) is 0 Å². The third kappa shape index (κ3) is 2.67. The summed E-state index contributed by atoms with van der Waals surface area (Å²) in [6.45, 7) is 36.0. The van der Waals surface area contributed by atoms with Crippen LogP contribution in [0, 0.1) is 10.8 Å². The van der Waals surface area contributed by atoms with Crippen molar-refractivity contribution < 1.29 is 0 Å². The van der Waals surface area contributed by atoms with Gasteiger partial charge in [0.1, 0.15) is 0 Å². The van der Waals surface area contributed by atoms with Gasteiger partial charge in [-0.2, -0.15) is 0 Å². The lowest BCUT2D eigenvalue weighted by Crippen LogP contribution is -2.87. The molecule has 1 aliphatic heterocycles. The molecular weight excluding hydrogens is 292 g/mol. The maximum atomic E-state index is 3.96. The number of piperazine rings is 1. The van der Waals surface area contributed by atoms with Crippen molar-refractivity contribution in [3.05, 3.63) is 0 Å². The van der Waals surface area contributed by atoms with Gasteiger partial charge in [0.2, 0.25) is 0 Å². The predicted octanol–water partition coefficient (Wildman–Crippen LogP) is 5.86. The standard InChI is InChI=1S/C22H46N2/c1-16(2,3)17(4,5)20(10,11)24-21(12,13)18(6,7)23-19(8,9)22(24,14)15/h23H,1-15H3. The molecule has 0 unspecified atom stereocenters. The van der Waals surface area contributed by atoms with Crippen LogP contribution in [0.1, 0.15) is 104 Å². The highest BCUT2D eigenvalue weighted by Crippen LogP contribution is 2.57. The van der Waals surface area contributed by atoms with Crippen LogP contribution >= 0.6 is 0 Å². The Hall–Kier alpha value is -0.0800. The fourth-order valence-corrected chi connectivity index (χ4v) is 4.94. The largest absolute Gasteiger partial charge is 0.303 e. The summed E-state index contributed by atoms with van der Waals surface area (Å²) in [4.78, 5) is 2.83. The molecule has 2 nitrogen and oxygen atoms in total. The highest BCUT2D eigenvalue weighted by molar-refractivity contribution is 5.23. The van der Waals surface area contributed by atoms with Gasteiger partial charge in [0.15, 0.2) is 0 Å². The second-order valence-electron chi connectivity index (χ2n) is 12.3. The van der Waals surface area contributed by atoms with E-state index in [1.807, 2.05) is 0 Å². The molecule has 1 fully saturated rings. The topological polar surface area (TPSA) is 15.3 Å². The molecular formula is C22H46N2. The molecule has 0 aromatic rings. The Morgan fingerprint density at radius 1 is 0.583 bits per heavy atom. The molecule has 0 aromatic carbocycles. The summed E-state index contributed by atoms with van der Waals surface area (Å²) in [7, 11) is 0. The molecule has 1 rings (SSSR count). The predicted molar refractivity (Wildman–Crippen MR) is 109 cm³/mol. The van der Waals surface area contributed by atoms with E-state index in [1.165, 1.54) is 0 Å². The summed E-state index contributed by atoms with van der Waals surface area (Å²) in [5.74, 6) is 0. The van der Waals surface area contributed by atoms with Crippen LogP contribution in [0.4, 0.5) is 0 Å². The molecule has 1 heterocycles. The van der Waals surface area contributed by atoms with E-state index in [-0.39, 0.29) is 38.5 Å². The molecule has 0 atom stereocenters. The third-order valence-corrected chi connectivity index (χ3v) is 8.77. The first-order chi connectivity index (χ1) is 10.1.